The highest BCUT2D eigenvalue weighted by atomic mass is 16.5. The van der Waals surface area contributed by atoms with Crippen LogP contribution in [0.25, 0.3) is 16.7 Å². The van der Waals surface area contributed by atoms with Gasteiger partial charge in [-0.1, -0.05) is 6.92 Å². The Morgan fingerprint density at radius 3 is 2.69 bits per heavy atom. The third-order valence-corrected chi connectivity index (χ3v) is 6.47. The van der Waals surface area contributed by atoms with Crippen molar-refractivity contribution >= 4 is 16.8 Å². The molecule has 0 aliphatic carbocycles. The van der Waals surface area contributed by atoms with Gasteiger partial charge in [0.1, 0.15) is 23.9 Å². The van der Waals surface area contributed by atoms with Crippen molar-refractivity contribution in [3.63, 3.8) is 0 Å². The van der Waals surface area contributed by atoms with Crippen LogP contribution in [0.2, 0.25) is 0 Å². The highest BCUT2D eigenvalue weighted by molar-refractivity contribution is 5.98. The number of hydrogen-bond acceptors (Lipinski definition) is 6. The zero-order valence-corrected chi connectivity index (χ0v) is 20.5. The van der Waals surface area contributed by atoms with Gasteiger partial charge in [-0.3, -0.25) is 9.69 Å². The molecule has 5 rings (SSSR count). The number of amides is 1. The van der Waals surface area contributed by atoms with E-state index in [1.165, 1.54) is 0 Å². The maximum atomic E-state index is 12.3. The highest BCUT2D eigenvalue weighted by Gasteiger charge is 2.22. The lowest BCUT2D eigenvalue weighted by atomic mass is 10.1. The van der Waals surface area contributed by atoms with Gasteiger partial charge in [-0.25, -0.2) is 9.97 Å². The molecule has 3 aromatic heterocycles. The van der Waals surface area contributed by atoms with Crippen molar-refractivity contribution in [1.29, 1.82) is 0 Å². The molecule has 0 unspecified atom stereocenters. The number of oxazole rings is 1. The fraction of sp³-hybridized carbons (Fsp3) is 0.370. The largest absolute Gasteiger partial charge is 0.489 e. The number of carbonyl (C=O) groups excluding carboxylic acids is 1. The van der Waals surface area contributed by atoms with Gasteiger partial charge in [-0.15, -0.1) is 0 Å². The van der Waals surface area contributed by atoms with E-state index in [4.69, 9.17) is 9.15 Å². The maximum Gasteiger partial charge on any atom is 0.253 e. The van der Waals surface area contributed by atoms with Crippen LogP contribution in [-0.4, -0.2) is 63.5 Å². The van der Waals surface area contributed by atoms with E-state index in [1.807, 2.05) is 47.2 Å². The zero-order chi connectivity index (χ0) is 24.4. The van der Waals surface area contributed by atoms with Gasteiger partial charge < -0.3 is 18.6 Å². The van der Waals surface area contributed by atoms with E-state index in [9.17, 15) is 4.79 Å². The molecule has 1 amide bonds. The molecule has 0 bridgehead atoms. The van der Waals surface area contributed by atoms with Crippen LogP contribution in [0.4, 0.5) is 0 Å². The Kier molecular flexibility index (Phi) is 6.55. The number of nitrogens with zero attached hydrogens (tertiary/aromatic N) is 5. The summed E-state index contributed by atoms with van der Waals surface area (Å²) in [6, 6.07) is 11.7. The summed E-state index contributed by atoms with van der Waals surface area (Å²) in [5.74, 6) is 2.38. The molecule has 0 atom stereocenters. The lowest BCUT2D eigenvalue weighted by molar-refractivity contribution is 0.0827. The zero-order valence-electron chi connectivity index (χ0n) is 20.5. The minimum atomic E-state index is -0.00614. The molecule has 1 aromatic carbocycles. The van der Waals surface area contributed by atoms with Gasteiger partial charge in [-0.2, -0.15) is 0 Å². The van der Waals surface area contributed by atoms with Gasteiger partial charge >= 0.3 is 0 Å². The molecule has 4 heterocycles. The van der Waals surface area contributed by atoms with E-state index in [0.29, 0.717) is 5.56 Å². The minimum absolute atomic E-state index is 0.00614. The van der Waals surface area contributed by atoms with Gasteiger partial charge in [0.05, 0.1) is 24.0 Å². The molecule has 4 aromatic rings. The van der Waals surface area contributed by atoms with E-state index in [0.717, 1.165) is 73.0 Å². The number of piperidine rings is 1. The van der Waals surface area contributed by atoms with Crippen LogP contribution >= 0.6 is 0 Å². The first kappa shape index (κ1) is 23.1. The molecule has 35 heavy (non-hydrogen) atoms. The number of pyridine rings is 1. The van der Waals surface area contributed by atoms with Crippen molar-refractivity contribution in [1.82, 2.24) is 24.3 Å². The molecule has 0 radical (unpaired) electrons. The predicted octanol–water partition coefficient (Wildman–Crippen LogP) is 4.32. The Morgan fingerprint density at radius 2 is 2.00 bits per heavy atom. The molecule has 0 N–H and O–H groups in total. The standard InChI is InChI=1S/C27H31N5O3/c1-4-21-18-34-26(29-21)17-31-12-10-22(11-13-31)35-23-6-8-25(28-16-23)32-14-9-19-15-20(5-7-24(19)32)27(33)30(2)3/h5-9,14-16,18,22H,4,10-13,17H2,1-3H3. The average molecular weight is 474 g/mol. The SMILES string of the molecule is CCc1coc(CN2CCC(Oc3ccc(-n4ccc5cc(C(=O)N(C)C)ccc54)nc3)CC2)n1. The number of rotatable bonds is 7. The van der Waals surface area contributed by atoms with Crippen LogP contribution in [0.15, 0.2) is 59.5 Å². The van der Waals surface area contributed by atoms with Crippen LogP contribution in [0.1, 0.15) is 41.7 Å². The molecule has 8 heteroatoms. The first-order chi connectivity index (χ1) is 17.0. The summed E-state index contributed by atoms with van der Waals surface area (Å²) >= 11 is 0. The maximum absolute atomic E-state index is 12.3. The summed E-state index contributed by atoms with van der Waals surface area (Å²) < 4.78 is 13.8. The second-order valence-corrected chi connectivity index (χ2v) is 9.19. The van der Waals surface area contributed by atoms with E-state index in [1.54, 1.807) is 31.5 Å². The second kappa shape index (κ2) is 9.92. The number of benzene rings is 1. The second-order valence-electron chi connectivity index (χ2n) is 9.19. The van der Waals surface area contributed by atoms with Crippen LogP contribution in [0.5, 0.6) is 5.75 Å². The lowest BCUT2D eigenvalue weighted by Crippen LogP contribution is -2.37. The predicted molar refractivity (Wildman–Crippen MR) is 134 cm³/mol. The van der Waals surface area contributed by atoms with Crippen LogP contribution in [0, 0.1) is 0 Å². The third-order valence-electron chi connectivity index (χ3n) is 6.47. The highest BCUT2D eigenvalue weighted by Crippen LogP contribution is 2.24. The van der Waals surface area contributed by atoms with Crippen molar-refractivity contribution < 1.29 is 13.9 Å². The Bertz CT molecular complexity index is 1300. The van der Waals surface area contributed by atoms with Gasteiger partial charge in [0.15, 0.2) is 0 Å². The van der Waals surface area contributed by atoms with E-state index < -0.39 is 0 Å². The molecule has 1 aliphatic heterocycles. The number of hydrogen-bond donors (Lipinski definition) is 0. The van der Waals surface area contributed by atoms with Crippen LogP contribution in [0.3, 0.4) is 0 Å². The molecule has 1 aliphatic rings. The minimum Gasteiger partial charge on any atom is -0.489 e. The number of aryl methyl sites for hydroxylation is 1. The van der Waals surface area contributed by atoms with Crippen LogP contribution in [-0.2, 0) is 13.0 Å². The number of fused-ring (bicyclic) bond motifs is 1. The van der Waals surface area contributed by atoms with Gasteiger partial charge in [0.2, 0.25) is 5.89 Å². The monoisotopic (exact) mass is 473 g/mol. The number of carbonyl (C=O) groups is 1. The average Bonchev–Trinajstić information content (AvgIpc) is 3.51. The Hall–Kier alpha value is -3.65. The lowest BCUT2D eigenvalue weighted by Gasteiger charge is -2.31. The number of aromatic nitrogens is 3. The Morgan fingerprint density at radius 1 is 1.17 bits per heavy atom. The van der Waals surface area contributed by atoms with Gasteiger partial charge in [0.25, 0.3) is 5.91 Å². The van der Waals surface area contributed by atoms with Gasteiger partial charge in [-0.05, 0) is 55.7 Å². The van der Waals surface area contributed by atoms with Crippen molar-refractivity contribution in [2.45, 2.75) is 38.8 Å². The topological polar surface area (TPSA) is 76.6 Å². The van der Waals surface area contributed by atoms with Crippen molar-refractivity contribution in [3.05, 3.63) is 72.2 Å². The molecule has 1 fully saturated rings. The summed E-state index contributed by atoms with van der Waals surface area (Å²) in [4.78, 5) is 25.4. The van der Waals surface area contributed by atoms with Crippen molar-refractivity contribution in [3.8, 4) is 11.6 Å². The van der Waals surface area contributed by atoms with E-state index in [2.05, 4.69) is 21.8 Å². The number of likely N-dealkylation sites (tertiary alicyclic amines) is 1. The fourth-order valence-electron chi connectivity index (χ4n) is 4.47. The Labute approximate surface area is 205 Å². The molecule has 0 spiro atoms. The summed E-state index contributed by atoms with van der Waals surface area (Å²) in [6.45, 7) is 4.73. The molecular formula is C27H31N5O3. The van der Waals surface area contributed by atoms with Crippen molar-refractivity contribution in [2.75, 3.05) is 27.2 Å². The Balaban J connectivity index is 1.19. The third kappa shape index (κ3) is 5.07. The molecule has 1 saturated heterocycles. The molecule has 182 valence electrons. The molecule has 0 saturated carbocycles. The molecular weight excluding hydrogens is 442 g/mol. The summed E-state index contributed by atoms with van der Waals surface area (Å²) in [6.07, 6.45) is 8.50. The summed E-state index contributed by atoms with van der Waals surface area (Å²) in [5.41, 5.74) is 2.69. The first-order valence-corrected chi connectivity index (χ1v) is 12.1. The fourth-order valence-corrected chi connectivity index (χ4v) is 4.47. The summed E-state index contributed by atoms with van der Waals surface area (Å²) in [7, 11) is 3.52. The van der Waals surface area contributed by atoms with Gasteiger partial charge in [0, 0.05) is 44.3 Å². The smallest absolute Gasteiger partial charge is 0.253 e. The normalized spacial score (nSPS) is 14.9. The first-order valence-electron chi connectivity index (χ1n) is 12.1. The van der Waals surface area contributed by atoms with Crippen LogP contribution < -0.4 is 4.74 Å². The van der Waals surface area contributed by atoms with Crippen molar-refractivity contribution in [2.24, 2.45) is 0 Å². The summed E-state index contributed by atoms with van der Waals surface area (Å²) in [5, 5.41) is 1.00. The molecule has 8 nitrogen and oxygen atoms in total. The van der Waals surface area contributed by atoms with E-state index >= 15 is 0 Å². The quantitative estimate of drug-likeness (QED) is 0.398. The number of ether oxygens (including phenoxy) is 1. The van der Waals surface area contributed by atoms with E-state index in [-0.39, 0.29) is 12.0 Å².